The lowest BCUT2D eigenvalue weighted by molar-refractivity contribution is 0.0734. The lowest BCUT2D eigenvalue weighted by atomic mass is 10.2. The molecule has 0 spiro atoms. The Morgan fingerprint density at radius 2 is 1.29 bits per heavy atom. The normalized spacial score (nSPS) is 11.2. The van der Waals surface area contributed by atoms with Crippen molar-refractivity contribution in [1.82, 2.24) is 0 Å². The predicted molar refractivity (Wildman–Crippen MR) is 123 cm³/mol. The first-order valence-electron chi connectivity index (χ1n) is 11.0. The number of carbonyl (C=O) groups excluding carboxylic acids is 1. The molecular weight excluding hydrogens is 412 g/mol. The summed E-state index contributed by atoms with van der Waals surface area (Å²) < 4.78 is 16.7. The Morgan fingerprint density at radius 1 is 0.774 bits per heavy atom. The zero-order valence-corrected chi connectivity index (χ0v) is 19.5. The van der Waals surface area contributed by atoms with Crippen LogP contribution in [-0.2, 0) is 0 Å². The SMILES string of the molecule is CCCCCCOc1ccc(OC(=O)c2ccc(OCCCC[Si](C)(O)O)cc2)cc1. The molecule has 0 bridgehead atoms. The summed E-state index contributed by atoms with van der Waals surface area (Å²) in [5.41, 5.74) is 0.436. The van der Waals surface area contributed by atoms with Gasteiger partial charge in [-0.25, -0.2) is 4.79 Å². The lowest BCUT2D eigenvalue weighted by Crippen LogP contribution is -2.29. The summed E-state index contributed by atoms with van der Waals surface area (Å²) in [5.74, 6) is 1.45. The monoisotopic (exact) mass is 446 g/mol. The maximum atomic E-state index is 12.3. The highest BCUT2D eigenvalue weighted by Crippen LogP contribution is 2.20. The quantitative estimate of drug-likeness (QED) is 0.182. The van der Waals surface area contributed by atoms with Crippen molar-refractivity contribution in [2.24, 2.45) is 0 Å². The van der Waals surface area contributed by atoms with Gasteiger partial charge in [0.25, 0.3) is 0 Å². The first-order chi connectivity index (χ1) is 14.9. The van der Waals surface area contributed by atoms with E-state index < -0.39 is 14.5 Å². The van der Waals surface area contributed by atoms with Crippen LogP contribution >= 0.6 is 0 Å². The standard InChI is InChI=1S/C24H34O6Si/c1-3-4-5-6-17-28-22-13-15-23(16-14-22)30-24(25)20-9-11-21(12-10-20)29-18-7-8-19-31(2,26)27/h9-16,26-27H,3-8,17-19H2,1-2H3. The number of rotatable bonds is 14. The maximum Gasteiger partial charge on any atom is 0.343 e. The molecule has 0 radical (unpaired) electrons. The number of ether oxygens (including phenoxy) is 3. The van der Waals surface area contributed by atoms with Crippen LogP contribution in [0.5, 0.6) is 17.2 Å². The lowest BCUT2D eigenvalue weighted by Gasteiger charge is -2.11. The zero-order chi connectivity index (χ0) is 22.5. The summed E-state index contributed by atoms with van der Waals surface area (Å²) in [6.45, 7) is 4.86. The molecule has 0 fully saturated rings. The molecule has 0 saturated carbocycles. The van der Waals surface area contributed by atoms with Gasteiger partial charge in [-0.2, -0.15) is 0 Å². The zero-order valence-electron chi connectivity index (χ0n) is 18.5. The van der Waals surface area contributed by atoms with Gasteiger partial charge in [0.05, 0.1) is 18.8 Å². The van der Waals surface area contributed by atoms with Crippen molar-refractivity contribution in [3.63, 3.8) is 0 Å². The average Bonchev–Trinajstić information content (AvgIpc) is 2.74. The third-order valence-electron chi connectivity index (χ3n) is 4.70. The van der Waals surface area contributed by atoms with E-state index in [9.17, 15) is 14.4 Å². The third-order valence-corrected chi connectivity index (χ3v) is 6.01. The van der Waals surface area contributed by atoms with Crippen LogP contribution in [0.4, 0.5) is 0 Å². The highest BCUT2D eigenvalue weighted by Gasteiger charge is 2.19. The van der Waals surface area contributed by atoms with Gasteiger partial charge in [0.1, 0.15) is 17.2 Å². The van der Waals surface area contributed by atoms with E-state index in [2.05, 4.69) is 6.92 Å². The molecule has 0 aromatic heterocycles. The number of carbonyl (C=O) groups is 1. The van der Waals surface area contributed by atoms with Crippen LogP contribution in [0, 0.1) is 0 Å². The molecule has 2 rings (SSSR count). The van der Waals surface area contributed by atoms with Crippen molar-refractivity contribution in [2.45, 2.75) is 58.0 Å². The number of esters is 1. The molecule has 0 aliphatic carbocycles. The molecule has 2 aromatic rings. The Bertz CT molecular complexity index is 768. The molecule has 2 N–H and O–H groups in total. The van der Waals surface area contributed by atoms with Gasteiger partial charge in [-0.15, -0.1) is 0 Å². The smallest absolute Gasteiger partial charge is 0.343 e. The molecule has 2 aromatic carbocycles. The Labute approximate surface area is 186 Å². The van der Waals surface area contributed by atoms with Crippen molar-refractivity contribution in [1.29, 1.82) is 0 Å². The highest BCUT2D eigenvalue weighted by atomic mass is 28.4. The van der Waals surface area contributed by atoms with Crippen molar-refractivity contribution < 1.29 is 28.6 Å². The molecule has 0 amide bonds. The van der Waals surface area contributed by atoms with Crippen LogP contribution in [0.1, 0.15) is 55.8 Å². The fourth-order valence-corrected chi connectivity index (χ4v) is 3.85. The molecule has 0 unspecified atom stereocenters. The largest absolute Gasteiger partial charge is 0.494 e. The Kier molecular flexibility index (Phi) is 10.6. The minimum Gasteiger partial charge on any atom is -0.494 e. The summed E-state index contributed by atoms with van der Waals surface area (Å²) in [4.78, 5) is 31.1. The van der Waals surface area contributed by atoms with Gasteiger partial charge in [-0.1, -0.05) is 26.2 Å². The Morgan fingerprint density at radius 3 is 1.84 bits per heavy atom. The number of hydrogen-bond acceptors (Lipinski definition) is 6. The van der Waals surface area contributed by atoms with Gasteiger partial charge in [0.2, 0.25) is 0 Å². The van der Waals surface area contributed by atoms with Gasteiger partial charge in [-0.3, -0.25) is 0 Å². The molecular formula is C24H34O6Si. The second-order valence-corrected chi connectivity index (χ2v) is 10.8. The predicted octanol–water partition coefficient (Wildman–Crippen LogP) is 5.08. The van der Waals surface area contributed by atoms with Crippen LogP contribution in [-0.4, -0.2) is 37.3 Å². The van der Waals surface area contributed by atoms with E-state index in [1.165, 1.54) is 25.8 Å². The summed E-state index contributed by atoms with van der Waals surface area (Å²) in [5, 5.41) is 0. The summed E-state index contributed by atoms with van der Waals surface area (Å²) in [6.07, 6.45) is 6.09. The third kappa shape index (κ3) is 10.5. The van der Waals surface area contributed by atoms with E-state index >= 15 is 0 Å². The van der Waals surface area contributed by atoms with E-state index in [-0.39, 0.29) is 0 Å². The molecule has 0 heterocycles. The molecule has 7 heteroatoms. The minimum absolute atomic E-state index is 0.435. The summed E-state index contributed by atoms with van der Waals surface area (Å²) in [6, 6.07) is 14.3. The van der Waals surface area contributed by atoms with Crippen molar-refractivity contribution in [3.05, 3.63) is 54.1 Å². The Balaban J connectivity index is 1.73. The molecule has 0 aliphatic heterocycles. The average molecular weight is 447 g/mol. The first-order valence-corrected chi connectivity index (χ1v) is 13.6. The molecule has 0 aliphatic rings. The van der Waals surface area contributed by atoms with Crippen LogP contribution in [0.3, 0.4) is 0 Å². The highest BCUT2D eigenvalue weighted by molar-refractivity contribution is 6.63. The molecule has 170 valence electrons. The van der Waals surface area contributed by atoms with E-state index in [0.29, 0.717) is 42.7 Å². The summed E-state index contributed by atoms with van der Waals surface area (Å²) in [7, 11) is -2.97. The molecule has 6 nitrogen and oxygen atoms in total. The topological polar surface area (TPSA) is 85.2 Å². The van der Waals surface area contributed by atoms with E-state index in [4.69, 9.17) is 14.2 Å². The molecule has 0 atom stereocenters. The minimum atomic E-state index is -2.97. The van der Waals surface area contributed by atoms with Crippen molar-refractivity contribution >= 4 is 14.5 Å². The van der Waals surface area contributed by atoms with Gasteiger partial charge in [-0.05, 0) is 80.4 Å². The van der Waals surface area contributed by atoms with E-state index in [0.717, 1.165) is 18.6 Å². The number of unbranched alkanes of at least 4 members (excludes halogenated alkanes) is 4. The van der Waals surface area contributed by atoms with Crippen LogP contribution in [0.15, 0.2) is 48.5 Å². The van der Waals surface area contributed by atoms with Gasteiger partial charge < -0.3 is 23.8 Å². The van der Waals surface area contributed by atoms with Gasteiger partial charge >= 0.3 is 14.5 Å². The van der Waals surface area contributed by atoms with Crippen LogP contribution < -0.4 is 14.2 Å². The number of benzene rings is 2. The second-order valence-electron chi connectivity index (χ2n) is 7.82. The second kappa shape index (κ2) is 13.1. The number of hydrogen-bond donors (Lipinski definition) is 2. The van der Waals surface area contributed by atoms with Crippen LogP contribution in [0.2, 0.25) is 12.6 Å². The van der Waals surface area contributed by atoms with E-state index in [1.54, 1.807) is 48.5 Å². The first kappa shape index (κ1) is 24.9. The van der Waals surface area contributed by atoms with Gasteiger partial charge in [0, 0.05) is 0 Å². The molecule has 31 heavy (non-hydrogen) atoms. The van der Waals surface area contributed by atoms with Crippen molar-refractivity contribution in [3.8, 4) is 17.2 Å². The fraction of sp³-hybridized carbons (Fsp3) is 0.458. The van der Waals surface area contributed by atoms with Crippen LogP contribution in [0.25, 0.3) is 0 Å². The molecule has 0 saturated heterocycles. The maximum absolute atomic E-state index is 12.3. The van der Waals surface area contributed by atoms with Crippen molar-refractivity contribution in [2.75, 3.05) is 13.2 Å². The van der Waals surface area contributed by atoms with Gasteiger partial charge in [0.15, 0.2) is 0 Å². The van der Waals surface area contributed by atoms with E-state index in [1.807, 2.05) is 0 Å². The Hall–Kier alpha value is -2.35. The summed E-state index contributed by atoms with van der Waals surface area (Å²) >= 11 is 0. The fourth-order valence-electron chi connectivity index (χ4n) is 2.93.